The molecule has 6 heavy (non-hydrogen) atoms. The van der Waals surface area contributed by atoms with Crippen LogP contribution in [0.3, 0.4) is 0 Å². The van der Waals surface area contributed by atoms with Gasteiger partial charge in [0.15, 0.2) is 0 Å². The van der Waals surface area contributed by atoms with E-state index in [1.165, 1.54) is 0 Å². The van der Waals surface area contributed by atoms with Crippen molar-refractivity contribution in [3.05, 3.63) is 0 Å². The topological polar surface area (TPSA) is 44.5 Å². The summed E-state index contributed by atoms with van der Waals surface area (Å²) in [7, 11) is -0.411. The Morgan fingerprint density at radius 2 is 2.33 bits per heavy atom. The van der Waals surface area contributed by atoms with Gasteiger partial charge in [-0.05, 0) is 0 Å². The molecule has 0 rings (SSSR count). The minimum Gasteiger partial charge on any atom is -0.449 e. The van der Waals surface area contributed by atoms with E-state index in [1.807, 2.05) is 0 Å². The predicted octanol–water partition coefficient (Wildman–Crippen LogP) is -3.74. The maximum absolute atomic E-state index is 5.10. The third-order valence-electron chi connectivity index (χ3n) is 0.319. The molecule has 0 bridgehead atoms. The number of hydrogen-bond donors (Lipinski definition) is 1. The summed E-state index contributed by atoms with van der Waals surface area (Å²) >= 11 is 0. The van der Waals surface area contributed by atoms with E-state index in [2.05, 4.69) is 0 Å². The van der Waals surface area contributed by atoms with Crippen LogP contribution in [0.4, 0.5) is 0 Å². The Bertz CT molecular complexity index is 20.8. The second kappa shape index (κ2) is 5.53. The smallest absolute Gasteiger partial charge is 0.283 e. The van der Waals surface area contributed by atoms with E-state index in [0.29, 0.717) is 0 Å². The zero-order chi connectivity index (χ0) is 4.83. The standard InChI is InChI=1S/H9NO2Si3/c1-5-3-6-2-4/h1,5-6H2,4H3. The highest BCUT2D eigenvalue weighted by atomic mass is 28.3. The molecule has 0 heterocycles. The number of hydrogen-bond acceptors (Lipinski definition) is 3. The molecule has 38 valence electrons. The molecule has 0 aliphatic rings. The summed E-state index contributed by atoms with van der Waals surface area (Å²) in [6.07, 6.45) is 0. The van der Waals surface area contributed by atoms with Gasteiger partial charge in [0.1, 0.15) is 10.5 Å². The maximum atomic E-state index is 5.10. The van der Waals surface area contributed by atoms with Gasteiger partial charge in [0, 0.05) is 0 Å². The van der Waals surface area contributed by atoms with Gasteiger partial charge < -0.3 is 13.6 Å². The van der Waals surface area contributed by atoms with E-state index >= 15 is 0 Å². The zero-order valence-corrected chi connectivity index (χ0v) is 8.64. The maximum Gasteiger partial charge on any atom is 0.283 e. The molecule has 0 spiro atoms. The third-order valence-corrected chi connectivity index (χ3v) is 2.87. The summed E-state index contributed by atoms with van der Waals surface area (Å²) < 4.78 is 9.64. The van der Waals surface area contributed by atoms with Crippen molar-refractivity contribution >= 4 is 30.4 Å². The van der Waals surface area contributed by atoms with Crippen molar-refractivity contribution in [3.8, 4) is 0 Å². The predicted molar refractivity (Wildman–Crippen MR) is 33.4 cm³/mol. The van der Waals surface area contributed by atoms with Crippen LogP contribution in [-0.2, 0) is 8.23 Å². The molecule has 0 saturated heterocycles. The van der Waals surface area contributed by atoms with Crippen molar-refractivity contribution in [2.75, 3.05) is 0 Å². The van der Waals surface area contributed by atoms with Gasteiger partial charge in [-0.25, -0.2) is 0 Å². The lowest BCUT2D eigenvalue weighted by Crippen LogP contribution is -2.14. The van der Waals surface area contributed by atoms with E-state index in [9.17, 15) is 0 Å². The van der Waals surface area contributed by atoms with Crippen LogP contribution in [-0.4, -0.2) is 30.4 Å². The quantitative estimate of drug-likeness (QED) is 0.323. The van der Waals surface area contributed by atoms with Gasteiger partial charge in [-0.2, -0.15) is 0 Å². The van der Waals surface area contributed by atoms with Gasteiger partial charge in [-0.3, -0.25) is 0 Å². The first-order valence-electron chi connectivity index (χ1n) is 1.68. The van der Waals surface area contributed by atoms with E-state index in [-0.39, 0.29) is 0 Å². The molecule has 2 N–H and O–H groups in total. The minimum absolute atomic E-state index is 0.580. The van der Waals surface area contributed by atoms with Gasteiger partial charge in [0.05, 0.1) is 0 Å². The van der Waals surface area contributed by atoms with Crippen LogP contribution in [0.15, 0.2) is 0 Å². The van der Waals surface area contributed by atoms with Crippen molar-refractivity contribution in [1.29, 1.82) is 0 Å². The Balaban J connectivity index is 2.34. The molecule has 0 amide bonds. The van der Waals surface area contributed by atoms with Gasteiger partial charge in [-0.1, -0.05) is 0 Å². The van der Waals surface area contributed by atoms with Crippen molar-refractivity contribution in [3.63, 3.8) is 0 Å². The molecule has 6 heteroatoms. The van der Waals surface area contributed by atoms with E-state index in [0.717, 1.165) is 10.5 Å². The van der Waals surface area contributed by atoms with Gasteiger partial charge in [-0.15, -0.1) is 0 Å². The Kier molecular flexibility index (Phi) is 6.02. The Morgan fingerprint density at radius 3 is 2.50 bits per heavy atom. The van der Waals surface area contributed by atoms with Crippen LogP contribution in [0, 0.1) is 0 Å². The molecule has 0 fully saturated rings. The summed E-state index contributed by atoms with van der Waals surface area (Å²) in [6.45, 7) is 0. The van der Waals surface area contributed by atoms with Gasteiger partial charge in [0.2, 0.25) is 9.92 Å². The van der Waals surface area contributed by atoms with Crippen LogP contribution in [0.2, 0.25) is 0 Å². The summed E-state index contributed by atoms with van der Waals surface area (Å²) in [6, 6.07) is 0. The fourth-order valence-corrected chi connectivity index (χ4v) is 2.68. The Hall–Kier alpha value is 0.531. The number of rotatable bonds is 3. The third kappa shape index (κ3) is 4.53. The van der Waals surface area contributed by atoms with Crippen LogP contribution >= 0.6 is 0 Å². The summed E-state index contributed by atoms with van der Waals surface area (Å²) in [5, 5.41) is 5.10. The van der Waals surface area contributed by atoms with Crippen LogP contribution in [0.5, 0.6) is 0 Å². The van der Waals surface area contributed by atoms with Crippen molar-refractivity contribution < 1.29 is 8.23 Å². The number of nitrogens with two attached hydrogens (primary N) is 1. The first kappa shape index (κ1) is 6.53. The Morgan fingerprint density at radius 1 is 1.67 bits per heavy atom. The first-order valence-corrected chi connectivity index (χ1v) is 5.05. The average Bonchev–Trinajstić information content (AvgIpc) is 1.61. The average molecular weight is 139 g/mol. The van der Waals surface area contributed by atoms with E-state index in [4.69, 9.17) is 13.6 Å². The van der Waals surface area contributed by atoms with Crippen molar-refractivity contribution in [1.82, 2.24) is 0 Å². The molecule has 0 aromatic rings. The summed E-state index contributed by atoms with van der Waals surface area (Å²) in [4.78, 5) is 0. The van der Waals surface area contributed by atoms with Crippen LogP contribution < -0.4 is 5.40 Å². The normalized spacial score (nSPS) is 13.5. The molecule has 0 unspecified atom stereocenters. The van der Waals surface area contributed by atoms with Crippen LogP contribution in [0.25, 0.3) is 0 Å². The largest absolute Gasteiger partial charge is 0.449 e. The lowest BCUT2D eigenvalue weighted by atomic mass is 13.9. The minimum atomic E-state index is -0.638. The molecule has 0 atom stereocenters. The molecule has 0 aromatic heterocycles. The highest BCUT2D eigenvalue weighted by Gasteiger charge is 1.75. The van der Waals surface area contributed by atoms with Crippen LogP contribution in [0.1, 0.15) is 0 Å². The molecular formula is H9NO2Si3. The lowest BCUT2D eigenvalue weighted by molar-refractivity contribution is 0.503. The highest BCUT2D eigenvalue weighted by molar-refractivity contribution is 6.39. The van der Waals surface area contributed by atoms with Crippen molar-refractivity contribution in [2.45, 2.75) is 0 Å². The summed E-state index contributed by atoms with van der Waals surface area (Å²) in [5.74, 6) is 0. The summed E-state index contributed by atoms with van der Waals surface area (Å²) in [5.41, 5.74) is 0. The molecule has 0 aliphatic carbocycles. The molecule has 0 aromatic carbocycles. The van der Waals surface area contributed by atoms with Gasteiger partial charge in [0.25, 0.3) is 10.0 Å². The van der Waals surface area contributed by atoms with E-state index in [1.54, 1.807) is 0 Å². The first-order chi connectivity index (χ1) is 2.91. The molecule has 0 radical (unpaired) electrons. The lowest BCUT2D eigenvalue weighted by Gasteiger charge is -1.92. The van der Waals surface area contributed by atoms with Gasteiger partial charge >= 0.3 is 0 Å². The van der Waals surface area contributed by atoms with Crippen molar-refractivity contribution in [2.24, 2.45) is 5.40 Å². The second-order valence-corrected chi connectivity index (χ2v) is 5.29. The fraction of sp³-hybridized carbons (Fsp3) is 0. The molecule has 0 saturated carbocycles. The fourth-order valence-electron chi connectivity index (χ4n) is 0.131. The SMILES string of the molecule is N[SiH2]O[SiH2]O[SiH3]. The zero-order valence-electron chi connectivity index (χ0n) is 3.81. The monoisotopic (exact) mass is 139 g/mol. The molecule has 3 nitrogen and oxygen atoms in total. The highest BCUT2D eigenvalue weighted by Crippen LogP contribution is 1.55. The molecular weight excluding hydrogens is 130 g/mol. The molecule has 0 aliphatic heterocycles. The second-order valence-electron chi connectivity index (χ2n) is 0.777. The Labute approximate surface area is 44.8 Å². The van der Waals surface area contributed by atoms with E-state index < -0.39 is 19.9 Å².